The average Bonchev–Trinajstić information content (AvgIpc) is 3.25. The molecule has 9 nitrogen and oxygen atoms in total. The summed E-state index contributed by atoms with van der Waals surface area (Å²) < 4.78 is 25.1. The second kappa shape index (κ2) is 6.96. The fourth-order valence-corrected chi connectivity index (χ4v) is 4.77. The highest BCUT2D eigenvalue weighted by molar-refractivity contribution is 7.93. The molecule has 0 fully saturated rings. The second-order valence-corrected chi connectivity index (χ2v) is 8.34. The van der Waals surface area contributed by atoms with Gasteiger partial charge in [0, 0.05) is 11.9 Å². The Hall–Kier alpha value is -2.84. The lowest BCUT2D eigenvalue weighted by molar-refractivity contribution is 0.594. The first-order valence-electron chi connectivity index (χ1n) is 7.27. The van der Waals surface area contributed by atoms with Crippen molar-refractivity contribution in [1.82, 2.24) is 25.6 Å². The number of allylic oxidation sites excluding steroid dienone is 1. The first-order chi connectivity index (χ1) is 12.0. The van der Waals surface area contributed by atoms with Gasteiger partial charge in [-0.1, -0.05) is 6.92 Å². The molecule has 0 aliphatic carbocycles. The summed E-state index contributed by atoms with van der Waals surface area (Å²) in [5.74, 6) is 0.262. The highest BCUT2D eigenvalue weighted by atomic mass is 32.2. The smallest absolute Gasteiger partial charge is 0.216 e. The molecule has 0 aliphatic heterocycles. The quantitative estimate of drug-likeness (QED) is 0.624. The molecule has 2 aromatic heterocycles. The van der Waals surface area contributed by atoms with Crippen LogP contribution in [0.4, 0.5) is 5.69 Å². The van der Waals surface area contributed by atoms with Crippen molar-refractivity contribution in [2.75, 3.05) is 11.1 Å². The predicted molar refractivity (Wildman–Crippen MR) is 93.4 cm³/mol. The van der Waals surface area contributed by atoms with Crippen molar-refractivity contribution in [3.05, 3.63) is 30.2 Å². The van der Waals surface area contributed by atoms with Crippen molar-refractivity contribution in [1.29, 1.82) is 5.26 Å². The third-order valence-electron chi connectivity index (χ3n) is 3.20. The average molecular weight is 375 g/mol. The van der Waals surface area contributed by atoms with Crippen LogP contribution in [-0.4, -0.2) is 39.8 Å². The number of H-pyrrole nitrogens is 1. The van der Waals surface area contributed by atoms with Crippen LogP contribution in [0.3, 0.4) is 0 Å². The number of nitrogens with zero attached hydrogens (tertiary/aromatic N) is 5. The number of nitriles is 1. The van der Waals surface area contributed by atoms with Gasteiger partial charge in [0.15, 0.2) is 0 Å². The molecule has 0 bridgehead atoms. The molecule has 0 atom stereocenters. The van der Waals surface area contributed by atoms with E-state index in [4.69, 9.17) is 5.26 Å². The van der Waals surface area contributed by atoms with Crippen molar-refractivity contribution in [2.45, 2.75) is 17.7 Å². The molecule has 2 heterocycles. The van der Waals surface area contributed by atoms with E-state index in [1.807, 2.05) is 13.0 Å². The number of nitrogens with one attached hydrogen (secondary N) is 2. The van der Waals surface area contributed by atoms with E-state index in [0.29, 0.717) is 17.6 Å². The third-order valence-corrected chi connectivity index (χ3v) is 6.59. The van der Waals surface area contributed by atoms with Crippen LogP contribution in [0.25, 0.3) is 15.8 Å². The Kier molecular flexibility index (Phi) is 4.73. The van der Waals surface area contributed by atoms with Crippen LogP contribution in [-0.2, 0) is 9.84 Å². The van der Waals surface area contributed by atoms with E-state index in [1.54, 1.807) is 18.2 Å². The number of hydrogen-bond acceptors (Lipinski definition) is 9. The molecule has 0 saturated heterocycles. The molecule has 2 N–H and O–H groups in total. The van der Waals surface area contributed by atoms with Gasteiger partial charge < -0.3 is 5.32 Å². The van der Waals surface area contributed by atoms with Crippen LogP contribution in [0.5, 0.6) is 0 Å². The summed E-state index contributed by atoms with van der Waals surface area (Å²) in [7, 11) is -3.34. The SMILES string of the molecule is CCCS(=O)(=O)c1nc2ccc(NC=C(C#N)c3nn[nH]n3)cc2s1. The summed E-state index contributed by atoms with van der Waals surface area (Å²) in [5, 5.41) is 25.3. The number of sulfone groups is 1. The zero-order valence-electron chi connectivity index (χ0n) is 13.1. The normalized spacial score (nSPS) is 12.2. The van der Waals surface area contributed by atoms with Gasteiger partial charge in [-0.25, -0.2) is 13.4 Å². The summed E-state index contributed by atoms with van der Waals surface area (Å²) in [6.07, 6.45) is 2.00. The van der Waals surface area contributed by atoms with E-state index >= 15 is 0 Å². The van der Waals surface area contributed by atoms with Crippen molar-refractivity contribution < 1.29 is 8.42 Å². The number of aromatic nitrogens is 5. The van der Waals surface area contributed by atoms with Crippen molar-refractivity contribution >= 4 is 42.7 Å². The van der Waals surface area contributed by atoms with Gasteiger partial charge in [-0.15, -0.1) is 21.5 Å². The molecular weight excluding hydrogens is 362 g/mol. The summed E-state index contributed by atoms with van der Waals surface area (Å²) >= 11 is 1.13. The molecule has 3 rings (SSSR count). The number of anilines is 1. The van der Waals surface area contributed by atoms with E-state index in [-0.39, 0.29) is 21.5 Å². The van der Waals surface area contributed by atoms with Gasteiger partial charge in [-0.3, -0.25) is 0 Å². The number of hydrogen-bond donors (Lipinski definition) is 2. The van der Waals surface area contributed by atoms with E-state index in [9.17, 15) is 8.42 Å². The predicted octanol–water partition coefficient (Wildman–Crippen LogP) is 1.97. The number of aromatic amines is 1. The summed E-state index contributed by atoms with van der Waals surface area (Å²) in [5.41, 5.74) is 1.52. The molecule has 0 amide bonds. The lowest BCUT2D eigenvalue weighted by atomic mass is 10.3. The second-order valence-electron chi connectivity index (χ2n) is 5.03. The first-order valence-corrected chi connectivity index (χ1v) is 9.74. The highest BCUT2D eigenvalue weighted by Gasteiger charge is 2.18. The first kappa shape index (κ1) is 17.0. The molecule has 25 heavy (non-hydrogen) atoms. The molecule has 128 valence electrons. The van der Waals surface area contributed by atoms with Gasteiger partial charge in [0.25, 0.3) is 0 Å². The Balaban J connectivity index is 1.88. The highest BCUT2D eigenvalue weighted by Crippen LogP contribution is 2.29. The zero-order chi connectivity index (χ0) is 17.9. The minimum Gasteiger partial charge on any atom is -0.360 e. The maximum absolute atomic E-state index is 12.1. The van der Waals surface area contributed by atoms with Crippen LogP contribution in [0.2, 0.25) is 0 Å². The van der Waals surface area contributed by atoms with E-state index in [2.05, 4.69) is 30.9 Å². The van der Waals surface area contributed by atoms with Crippen LogP contribution in [0.15, 0.2) is 28.7 Å². The van der Waals surface area contributed by atoms with Crippen molar-refractivity contribution in [3.63, 3.8) is 0 Å². The largest absolute Gasteiger partial charge is 0.360 e. The Morgan fingerprint density at radius 3 is 3.00 bits per heavy atom. The van der Waals surface area contributed by atoms with Gasteiger partial charge in [0.2, 0.25) is 20.0 Å². The standard InChI is InChI=1S/C14H13N7O2S2/c1-2-5-25(22,23)14-17-11-4-3-10(6-12(11)24-14)16-8-9(7-15)13-18-20-21-19-13/h3-4,6,8,16H,2,5H2,1H3,(H,18,19,20,21). The van der Waals surface area contributed by atoms with Crippen LogP contribution < -0.4 is 5.32 Å². The van der Waals surface area contributed by atoms with E-state index < -0.39 is 9.84 Å². The van der Waals surface area contributed by atoms with E-state index in [1.165, 1.54) is 6.20 Å². The van der Waals surface area contributed by atoms with Crippen LogP contribution in [0.1, 0.15) is 19.2 Å². The fourth-order valence-electron chi connectivity index (χ4n) is 2.06. The van der Waals surface area contributed by atoms with Gasteiger partial charge in [0.1, 0.15) is 11.6 Å². The summed E-state index contributed by atoms with van der Waals surface area (Å²) in [6.45, 7) is 1.82. The summed E-state index contributed by atoms with van der Waals surface area (Å²) in [4.78, 5) is 4.20. The Bertz CT molecular complexity index is 1060. The lowest BCUT2D eigenvalue weighted by Gasteiger charge is -2.00. The van der Waals surface area contributed by atoms with Gasteiger partial charge in [0.05, 0.1) is 16.0 Å². The maximum Gasteiger partial charge on any atom is 0.216 e. The maximum atomic E-state index is 12.1. The number of fused-ring (bicyclic) bond motifs is 1. The molecule has 0 radical (unpaired) electrons. The number of thiazole rings is 1. The number of rotatable bonds is 6. The third kappa shape index (κ3) is 3.65. The zero-order valence-corrected chi connectivity index (χ0v) is 14.7. The molecule has 0 saturated carbocycles. The van der Waals surface area contributed by atoms with Crippen molar-refractivity contribution in [2.24, 2.45) is 0 Å². The molecule has 0 unspecified atom stereocenters. The Morgan fingerprint density at radius 2 is 2.32 bits per heavy atom. The van der Waals surface area contributed by atoms with Crippen LogP contribution in [0, 0.1) is 11.3 Å². The Morgan fingerprint density at radius 1 is 1.48 bits per heavy atom. The van der Waals surface area contributed by atoms with Crippen LogP contribution >= 0.6 is 11.3 Å². The monoisotopic (exact) mass is 375 g/mol. The summed E-state index contributed by atoms with van der Waals surface area (Å²) in [6, 6.07) is 7.23. The van der Waals surface area contributed by atoms with Gasteiger partial charge >= 0.3 is 0 Å². The minimum atomic E-state index is -3.34. The fraction of sp³-hybridized carbons (Fsp3) is 0.214. The molecule has 0 spiro atoms. The molecule has 11 heteroatoms. The van der Waals surface area contributed by atoms with Gasteiger partial charge in [-0.2, -0.15) is 10.5 Å². The van der Waals surface area contributed by atoms with E-state index in [0.717, 1.165) is 16.0 Å². The van der Waals surface area contributed by atoms with Gasteiger partial charge in [-0.05, 0) is 29.8 Å². The van der Waals surface area contributed by atoms with Crippen molar-refractivity contribution in [3.8, 4) is 6.07 Å². The lowest BCUT2D eigenvalue weighted by Crippen LogP contribution is -2.04. The number of benzene rings is 1. The molecule has 3 aromatic rings. The minimum absolute atomic E-state index is 0.0803. The molecule has 0 aliphatic rings. The Labute approximate surface area is 147 Å². The topological polar surface area (TPSA) is 137 Å². The molecular formula is C14H13N7O2S2. The number of tetrazole rings is 1. The molecule has 1 aromatic carbocycles.